The number of anilines is 1. The van der Waals surface area contributed by atoms with E-state index >= 15 is 0 Å². The van der Waals surface area contributed by atoms with Gasteiger partial charge >= 0.3 is 0 Å². The van der Waals surface area contributed by atoms with Crippen molar-refractivity contribution in [2.24, 2.45) is 5.92 Å². The number of hydrogen-bond acceptors (Lipinski definition) is 5. The molecule has 1 saturated heterocycles. The van der Waals surface area contributed by atoms with Crippen LogP contribution in [0.5, 0.6) is 0 Å². The quantitative estimate of drug-likeness (QED) is 0.807. The van der Waals surface area contributed by atoms with Crippen molar-refractivity contribution in [1.82, 2.24) is 15.3 Å². The van der Waals surface area contributed by atoms with E-state index in [1.54, 1.807) is 0 Å². The summed E-state index contributed by atoms with van der Waals surface area (Å²) < 4.78 is 5.40. The number of hydrogen-bond donors (Lipinski definition) is 1. The number of carbonyl (C=O) groups excluding carboxylic acids is 1. The number of aromatic nitrogens is 2. The van der Waals surface area contributed by atoms with Crippen LogP contribution in [0.25, 0.3) is 0 Å². The summed E-state index contributed by atoms with van der Waals surface area (Å²) in [6.45, 7) is 3.93. The van der Waals surface area contributed by atoms with Crippen LogP contribution in [0.2, 0.25) is 0 Å². The monoisotopic (exact) mass is 370 g/mol. The maximum atomic E-state index is 12.6. The summed E-state index contributed by atoms with van der Waals surface area (Å²) in [7, 11) is 0. The average molecular weight is 370 g/mol. The van der Waals surface area contributed by atoms with Gasteiger partial charge in [-0.15, -0.1) is 0 Å². The second-order valence-corrected chi connectivity index (χ2v) is 7.83. The van der Waals surface area contributed by atoms with Gasteiger partial charge in [0.2, 0.25) is 11.9 Å². The van der Waals surface area contributed by atoms with Crippen molar-refractivity contribution < 1.29 is 9.53 Å². The number of allylic oxidation sites excluding steroid dienone is 1. The summed E-state index contributed by atoms with van der Waals surface area (Å²) in [5.74, 6) is 1.05. The first-order chi connectivity index (χ1) is 13.3. The van der Waals surface area contributed by atoms with Crippen LogP contribution in [0.4, 0.5) is 5.95 Å². The topological polar surface area (TPSA) is 67.4 Å². The molecule has 6 heteroatoms. The first-order valence-corrected chi connectivity index (χ1v) is 10.4. The van der Waals surface area contributed by atoms with E-state index in [1.165, 1.54) is 31.3 Å². The first kappa shape index (κ1) is 18.4. The molecule has 6 nitrogen and oxygen atoms in total. The third kappa shape index (κ3) is 4.67. The molecule has 27 heavy (non-hydrogen) atoms. The van der Waals surface area contributed by atoms with E-state index in [-0.39, 0.29) is 11.8 Å². The minimum atomic E-state index is 0.0515. The van der Waals surface area contributed by atoms with Crippen LogP contribution in [-0.4, -0.2) is 48.7 Å². The Morgan fingerprint density at radius 2 is 2.15 bits per heavy atom. The number of nitrogens with zero attached hydrogens (tertiary/aromatic N) is 3. The molecule has 1 aliphatic heterocycles. The molecular weight excluding hydrogens is 340 g/mol. The van der Waals surface area contributed by atoms with Crippen molar-refractivity contribution in [3.8, 4) is 0 Å². The third-order valence-electron chi connectivity index (χ3n) is 5.93. The van der Waals surface area contributed by atoms with Crippen molar-refractivity contribution in [2.45, 2.75) is 51.4 Å². The highest BCUT2D eigenvalue weighted by Gasteiger charge is 2.26. The predicted octanol–water partition coefficient (Wildman–Crippen LogP) is 2.42. The van der Waals surface area contributed by atoms with Gasteiger partial charge < -0.3 is 15.0 Å². The van der Waals surface area contributed by atoms with E-state index in [0.29, 0.717) is 0 Å². The Hall–Kier alpha value is -1.95. The molecule has 0 spiro atoms. The number of carbonyl (C=O) groups is 1. The lowest BCUT2D eigenvalue weighted by atomic mass is 9.86. The van der Waals surface area contributed by atoms with E-state index in [2.05, 4.69) is 21.3 Å². The van der Waals surface area contributed by atoms with Crippen LogP contribution < -0.4 is 10.2 Å². The highest BCUT2D eigenvalue weighted by molar-refractivity contribution is 5.79. The van der Waals surface area contributed by atoms with Gasteiger partial charge in [-0.25, -0.2) is 9.97 Å². The standard InChI is InChI=1S/C21H30N4O2/c26-20(22-9-8-16-4-2-1-3-5-16)17-6-7-19-18(14-17)15-23-21(24-19)25-10-12-27-13-11-25/h4,15,17H,1-3,5-14H2,(H,22,26). The van der Waals surface area contributed by atoms with Crippen molar-refractivity contribution in [3.63, 3.8) is 0 Å². The highest BCUT2D eigenvalue weighted by atomic mass is 16.5. The number of nitrogens with one attached hydrogen (secondary N) is 1. The van der Waals surface area contributed by atoms with Crippen molar-refractivity contribution in [3.05, 3.63) is 29.1 Å². The molecule has 1 N–H and O–H groups in total. The lowest BCUT2D eigenvalue weighted by Crippen LogP contribution is -2.38. The highest BCUT2D eigenvalue weighted by Crippen LogP contribution is 2.26. The zero-order chi connectivity index (χ0) is 18.5. The van der Waals surface area contributed by atoms with Gasteiger partial charge in [0.15, 0.2) is 0 Å². The molecule has 4 rings (SSSR count). The smallest absolute Gasteiger partial charge is 0.225 e. The Labute approximate surface area is 161 Å². The molecule has 2 aliphatic carbocycles. The van der Waals surface area contributed by atoms with Crippen molar-refractivity contribution in [2.75, 3.05) is 37.7 Å². The molecule has 146 valence electrons. The molecule has 0 aromatic carbocycles. The second kappa shape index (κ2) is 8.83. The summed E-state index contributed by atoms with van der Waals surface area (Å²) in [4.78, 5) is 24.1. The third-order valence-corrected chi connectivity index (χ3v) is 5.93. The summed E-state index contributed by atoms with van der Waals surface area (Å²) >= 11 is 0. The normalized spacial score (nSPS) is 22.7. The molecule has 1 unspecified atom stereocenters. The molecule has 2 heterocycles. The lowest BCUT2D eigenvalue weighted by Gasteiger charge is -2.28. The Bertz CT molecular complexity index is 697. The van der Waals surface area contributed by atoms with Crippen molar-refractivity contribution in [1.29, 1.82) is 0 Å². The zero-order valence-corrected chi connectivity index (χ0v) is 16.1. The molecule has 0 radical (unpaired) electrons. The lowest BCUT2D eigenvalue weighted by molar-refractivity contribution is -0.125. The van der Waals surface area contributed by atoms with Crippen LogP contribution in [-0.2, 0) is 22.4 Å². The molecule has 1 fully saturated rings. The van der Waals surface area contributed by atoms with E-state index in [0.717, 1.165) is 75.7 Å². The number of fused-ring (bicyclic) bond motifs is 1. The SMILES string of the molecule is O=C(NCCC1=CCCCC1)C1CCc2nc(N3CCOCC3)ncc2C1. The zero-order valence-electron chi connectivity index (χ0n) is 16.1. The Morgan fingerprint density at radius 3 is 2.96 bits per heavy atom. The molecule has 1 amide bonds. The number of amides is 1. The van der Waals surface area contributed by atoms with Crippen molar-refractivity contribution >= 4 is 11.9 Å². The van der Waals surface area contributed by atoms with E-state index in [4.69, 9.17) is 9.72 Å². The van der Waals surface area contributed by atoms with E-state index in [9.17, 15) is 4.79 Å². The van der Waals surface area contributed by atoms with Crippen LogP contribution in [0.1, 0.15) is 49.8 Å². The summed E-state index contributed by atoms with van der Waals surface area (Å²) in [5.41, 5.74) is 3.76. The van der Waals surface area contributed by atoms with E-state index < -0.39 is 0 Å². The summed E-state index contributed by atoms with van der Waals surface area (Å²) in [6.07, 6.45) is 12.8. The molecule has 1 atom stereocenters. The molecule has 1 aromatic heterocycles. The number of ether oxygens (including phenoxy) is 1. The Balaban J connectivity index is 1.29. The number of rotatable bonds is 5. The molecule has 3 aliphatic rings. The first-order valence-electron chi connectivity index (χ1n) is 10.4. The van der Waals surface area contributed by atoms with Crippen LogP contribution in [0, 0.1) is 5.92 Å². The van der Waals surface area contributed by atoms with Gasteiger partial charge in [0.05, 0.1) is 13.2 Å². The number of aryl methyl sites for hydroxylation is 1. The maximum Gasteiger partial charge on any atom is 0.225 e. The average Bonchev–Trinajstić information content (AvgIpc) is 2.74. The fourth-order valence-corrected chi connectivity index (χ4v) is 4.26. The van der Waals surface area contributed by atoms with E-state index in [1.807, 2.05) is 6.20 Å². The largest absolute Gasteiger partial charge is 0.378 e. The predicted molar refractivity (Wildman–Crippen MR) is 105 cm³/mol. The number of morpholine rings is 1. The minimum absolute atomic E-state index is 0.0515. The fraction of sp³-hybridized carbons (Fsp3) is 0.667. The molecular formula is C21H30N4O2. The van der Waals surface area contributed by atoms with Crippen LogP contribution in [0.3, 0.4) is 0 Å². The Kier molecular flexibility index (Phi) is 6.02. The molecule has 0 saturated carbocycles. The molecule has 0 bridgehead atoms. The van der Waals surface area contributed by atoms with Gasteiger partial charge in [-0.05, 0) is 56.9 Å². The fourth-order valence-electron chi connectivity index (χ4n) is 4.26. The second-order valence-electron chi connectivity index (χ2n) is 7.83. The Morgan fingerprint density at radius 1 is 1.26 bits per heavy atom. The molecule has 1 aromatic rings. The van der Waals surface area contributed by atoms with Crippen LogP contribution in [0.15, 0.2) is 17.8 Å². The summed E-state index contributed by atoms with van der Waals surface area (Å²) in [5, 5.41) is 3.15. The van der Waals surface area contributed by atoms with Gasteiger partial charge in [0.25, 0.3) is 0 Å². The van der Waals surface area contributed by atoms with Gasteiger partial charge in [0.1, 0.15) is 0 Å². The summed E-state index contributed by atoms with van der Waals surface area (Å²) in [6, 6.07) is 0. The van der Waals surface area contributed by atoms with Gasteiger partial charge in [-0.3, -0.25) is 4.79 Å². The maximum absolute atomic E-state index is 12.6. The minimum Gasteiger partial charge on any atom is -0.378 e. The van der Waals surface area contributed by atoms with Gasteiger partial charge in [0, 0.05) is 37.4 Å². The van der Waals surface area contributed by atoms with Crippen LogP contribution >= 0.6 is 0 Å². The van der Waals surface area contributed by atoms with Gasteiger partial charge in [-0.2, -0.15) is 0 Å². The van der Waals surface area contributed by atoms with Gasteiger partial charge in [-0.1, -0.05) is 11.6 Å².